The van der Waals surface area contributed by atoms with E-state index in [1.807, 2.05) is 31.3 Å². The smallest absolute Gasteiger partial charge is 0.287 e. The molecule has 6 rings (SSSR count). The molecule has 1 aromatic heterocycles. The van der Waals surface area contributed by atoms with Crippen LogP contribution in [-0.4, -0.2) is 59.2 Å². The van der Waals surface area contributed by atoms with Gasteiger partial charge < -0.3 is 15.0 Å². The molecular formula is C24H25N8O+. The number of amidine groups is 1. The Morgan fingerprint density at radius 2 is 1.97 bits per heavy atom. The zero-order valence-electron chi connectivity index (χ0n) is 18.4. The number of imidazole rings is 1. The van der Waals surface area contributed by atoms with Crippen molar-refractivity contribution in [3.05, 3.63) is 66.3 Å². The highest BCUT2D eigenvalue weighted by Gasteiger charge is 2.42. The maximum atomic E-state index is 5.45. The summed E-state index contributed by atoms with van der Waals surface area (Å²) < 4.78 is 5.62. The molecule has 9 heteroatoms. The molecule has 9 nitrogen and oxygen atoms in total. The monoisotopic (exact) mass is 441 g/mol. The van der Waals surface area contributed by atoms with Crippen molar-refractivity contribution < 1.29 is 4.74 Å². The van der Waals surface area contributed by atoms with Gasteiger partial charge in [-0.05, 0) is 35.8 Å². The van der Waals surface area contributed by atoms with E-state index in [0.717, 1.165) is 66.9 Å². The number of nitrogens with zero attached hydrogens (tertiary/aromatic N) is 6. The second kappa shape index (κ2) is 8.04. The van der Waals surface area contributed by atoms with Crippen LogP contribution in [-0.2, 0) is 11.3 Å². The van der Waals surface area contributed by atoms with E-state index in [4.69, 9.17) is 14.8 Å². The minimum atomic E-state index is 0.162. The number of rotatable bonds is 4. The number of fused-ring (bicyclic) bond motifs is 2. The first-order chi connectivity index (χ1) is 16.2. The molecule has 0 spiro atoms. The minimum absolute atomic E-state index is 0.162. The quantitative estimate of drug-likeness (QED) is 0.608. The lowest BCUT2D eigenvalue weighted by atomic mass is 10.1. The van der Waals surface area contributed by atoms with Crippen LogP contribution in [0.4, 0.5) is 11.4 Å². The Morgan fingerprint density at radius 3 is 2.82 bits per heavy atom. The third-order valence-electron chi connectivity index (χ3n) is 6.08. The fourth-order valence-electron chi connectivity index (χ4n) is 4.40. The predicted octanol–water partition coefficient (Wildman–Crippen LogP) is 3.36. The van der Waals surface area contributed by atoms with Gasteiger partial charge in [0.15, 0.2) is 11.9 Å². The second-order valence-electron chi connectivity index (χ2n) is 8.39. The molecule has 2 N–H and O–H groups in total. The molecule has 33 heavy (non-hydrogen) atoms. The standard InChI is InChI=1S/C24H25N8O/c1-17-26-21-7-4-19(14-22(21)27-17)28-24-29-23-15-25-8-11-32(23,30-24)20-5-2-18(3-6-20)16-31-9-12-33-13-10-31/h2-8,11,14-15H,9-10,12-13,16H2,1H3,(H,26,27)(H,28,30)/q+1. The van der Waals surface area contributed by atoms with Gasteiger partial charge in [0, 0.05) is 37.5 Å². The van der Waals surface area contributed by atoms with Gasteiger partial charge in [0.1, 0.15) is 12.0 Å². The molecule has 0 saturated carbocycles. The molecular weight excluding hydrogens is 416 g/mol. The maximum absolute atomic E-state index is 5.45. The molecule has 166 valence electrons. The Bertz CT molecular complexity index is 1310. The third-order valence-corrected chi connectivity index (χ3v) is 6.08. The Labute approximate surface area is 191 Å². The first kappa shape index (κ1) is 20.0. The zero-order chi connectivity index (χ0) is 22.3. The topological polar surface area (TPSA) is 90.3 Å². The molecule has 1 fully saturated rings. The molecule has 3 aliphatic rings. The van der Waals surface area contributed by atoms with Crippen LogP contribution in [0.2, 0.25) is 0 Å². The molecule has 1 atom stereocenters. The van der Waals surface area contributed by atoms with E-state index in [2.05, 4.69) is 49.4 Å². The number of ether oxygens (including phenoxy) is 1. The Morgan fingerprint density at radius 1 is 1.12 bits per heavy atom. The summed E-state index contributed by atoms with van der Waals surface area (Å²) in [4.78, 5) is 19.2. The first-order valence-corrected chi connectivity index (χ1v) is 11.1. The number of benzene rings is 2. The van der Waals surface area contributed by atoms with Crippen molar-refractivity contribution in [3.63, 3.8) is 0 Å². The van der Waals surface area contributed by atoms with Gasteiger partial charge in [0.05, 0.1) is 30.4 Å². The summed E-state index contributed by atoms with van der Waals surface area (Å²) in [5, 5.41) is 8.29. The number of aliphatic imine (C=N–C) groups is 2. The molecule has 0 radical (unpaired) electrons. The number of morpholine rings is 1. The van der Waals surface area contributed by atoms with Crippen molar-refractivity contribution >= 4 is 40.4 Å². The normalized spacial score (nSPS) is 22.3. The predicted molar refractivity (Wildman–Crippen MR) is 131 cm³/mol. The fourth-order valence-corrected chi connectivity index (χ4v) is 4.40. The summed E-state index contributed by atoms with van der Waals surface area (Å²) in [6, 6.07) is 14.6. The fraction of sp³-hybridized carbons (Fsp3) is 0.250. The van der Waals surface area contributed by atoms with Crippen molar-refractivity contribution in [2.45, 2.75) is 13.5 Å². The van der Waals surface area contributed by atoms with Gasteiger partial charge in [-0.3, -0.25) is 9.89 Å². The first-order valence-electron chi connectivity index (χ1n) is 11.1. The van der Waals surface area contributed by atoms with Gasteiger partial charge in [-0.2, -0.15) is 4.99 Å². The largest absolute Gasteiger partial charge is 0.379 e. The average Bonchev–Trinajstić information content (AvgIpc) is 3.39. The molecule has 3 aromatic rings. The lowest BCUT2D eigenvalue weighted by Crippen LogP contribution is -2.44. The highest BCUT2D eigenvalue weighted by molar-refractivity contribution is 6.38. The summed E-state index contributed by atoms with van der Waals surface area (Å²) in [5.74, 6) is 2.18. The number of guanidine groups is 1. The Balaban J connectivity index is 1.27. The van der Waals surface area contributed by atoms with Crippen LogP contribution in [0.25, 0.3) is 11.0 Å². The van der Waals surface area contributed by atoms with E-state index in [9.17, 15) is 0 Å². The van der Waals surface area contributed by atoms with E-state index >= 15 is 0 Å². The summed E-state index contributed by atoms with van der Waals surface area (Å²) in [5.41, 5.74) is 5.09. The molecule has 1 unspecified atom stereocenters. The van der Waals surface area contributed by atoms with Crippen LogP contribution >= 0.6 is 0 Å². The van der Waals surface area contributed by atoms with Crippen molar-refractivity contribution in [3.8, 4) is 0 Å². The summed E-state index contributed by atoms with van der Waals surface area (Å²) >= 11 is 0. The Kier molecular flexibility index (Phi) is 4.87. The van der Waals surface area contributed by atoms with Gasteiger partial charge in [-0.1, -0.05) is 16.7 Å². The highest BCUT2D eigenvalue weighted by atomic mass is 16.5. The zero-order valence-corrected chi connectivity index (χ0v) is 18.4. The van der Waals surface area contributed by atoms with Gasteiger partial charge >= 0.3 is 0 Å². The van der Waals surface area contributed by atoms with Crippen molar-refractivity contribution in [1.82, 2.24) is 19.5 Å². The van der Waals surface area contributed by atoms with E-state index in [-0.39, 0.29) is 4.59 Å². The molecule has 1 saturated heterocycles. The number of aromatic nitrogens is 2. The van der Waals surface area contributed by atoms with Gasteiger partial charge in [0.2, 0.25) is 0 Å². The lowest BCUT2D eigenvalue weighted by Gasteiger charge is -2.27. The van der Waals surface area contributed by atoms with E-state index in [1.54, 1.807) is 12.4 Å². The van der Waals surface area contributed by atoms with Crippen LogP contribution < -0.4 is 9.91 Å². The molecule has 0 aliphatic carbocycles. The number of H-pyrrole nitrogens is 1. The number of hydrogen-bond donors (Lipinski definition) is 2. The van der Waals surface area contributed by atoms with Crippen LogP contribution in [0, 0.1) is 6.92 Å². The van der Waals surface area contributed by atoms with Crippen LogP contribution in [0.3, 0.4) is 0 Å². The summed E-state index contributed by atoms with van der Waals surface area (Å²) in [6.45, 7) is 6.43. The SMILES string of the molecule is Cc1nc2ccc(NC3=N[N+]4(c5ccc(CN6CCOCC6)cc5)C=CN=CC4=N3)cc2[nH]1. The highest BCUT2D eigenvalue weighted by Crippen LogP contribution is 2.31. The lowest BCUT2D eigenvalue weighted by molar-refractivity contribution is 0.0342. The van der Waals surface area contributed by atoms with Gasteiger partial charge in [-0.15, -0.1) is 0 Å². The van der Waals surface area contributed by atoms with Crippen LogP contribution in [0.15, 0.2) is 70.0 Å². The van der Waals surface area contributed by atoms with Crippen molar-refractivity contribution in [2.24, 2.45) is 15.1 Å². The number of nitrogens with one attached hydrogen (secondary N) is 2. The summed E-state index contributed by atoms with van der Waals surface area (Å²) in [7, 11) is 0. The molecule has 3 aliphatic heterocycles. The van der Waals surface area contributed by atoms with E-state index in [0.29, 0.717) is 5.96 Å². The van der Waals surface area contributed by atoms with E-state index < -0.39 is 0 Å². The van der Waals surface area contributed by atoms with Gasteiger partial charge in [-0.25, -0.2) is 4.98 Å². The number of aryl methyl sites for hydroxylation is 1. The number of aromatic amines is 1. The van der Waals surface area contributed by atoms with Crippen molar-refractivity contribution in [2.75, 3.05) is 31.6 Å². The van der Waals surface area contributed by atoms with Crippen molar-refractivity contribution in [1.29, 1.82) is 0 Å². The van der Waals surface area contributed by atoms with Crippen LogP contribution in [0.1, 0.15) is 11.4 Å². The number of hydrogen-bond acceptors (Lipinski definition) is 7. The molecule has 0 amide bonds. The second-order valence-corrected chi connectivity index (χ2v) is 8.39. The summed E-state index contributed by atoms with van der Waals surface area (Å²) in [6.07, 6.45) is 5.49. The van der Waals surface area contributed by atoms with Crippen LogP contribution in [0.5, 0.6) is 0 Å². The number of quaternary nitrogens is 1. The Hall–Kier alpha value is -3.66. The van der Waals surface area contributed by atoms with E-state index in [1.165, 1.54) is 5.56 Å². The average molecular weight is 442 g/mol. The third kappa shape index (κ3) is 3.76. The number of anilines is 1. The minimum Gasteiger partial charge on any atom is -0.379 e. The van der Waals surface area contributed by atoms with Gasteiger partial charge in [0.25, 0.3) is 11.8 Å². The molecule has 2 aromatic carbocycles. The maximum Gasteiger partial charge on any atom is 0.287 e. The molecule has 4 heterocycles. The molecule has 0 bridgehead atoms.